The molecular weight excluding hydrogens is 484 g/mol. The molecule has 39 heavy (non-hydrogen) atoms. The van der Waals surface area contributed by atoms with E-state index in [0.29, 0.717) is 46.8 Å². The van der Waals surface area contributed by atoms with Gasteiger partial charge in [0.1, 0.15) is 0 Å². The number of fused-ring (bicyclic) bond motifs is 7. The van der Waals surface area contributed by atoms with E-state index < -0.39 is 0 Å². The fourth-order valence-electron chi connectivity index (χ4n) is 12.1. The zero-order valence-corrected chi connectivity index (χ0v) is 25.3. The Labute approximate surface area is 237 Å². The van der Waals surface area contributed by atoms with Crippen molar-refractivity contribution in [1.29, 1.82) is 0 Å². The molecule has 0 unspecified atom stereocenters. The molecule has 0 bridgehead atoms. The van der Waals surface area contributed by atoms with E-state index in [1.807, 2.05) is 0 Å². The lowest BCUT2D eigenvalue weighted by molar-refractivity contribution is -0.273. The van der Waals surface area contributed by atoms with Crippen LogP contribution in [0.3, 0.4) is 0 Å². The maximum atomic E-state index is 12.8. The van der Waals surface area contributed by atoms with Gasteiger partial charge in [-0.05, 0) is 117 Å². The summed E-state index contributed by atoms with van der Waals surface area (Å²) in [6, 6.07) is 0.838. The number of urea groups is 1. The molecule has 2 saturated heterocycles. The third kappa shape index (κ3) is 4.33. The van der Waals surface area contributed by atoms with Crippen LogP contribution < -0.4 is 10.6 Å². The molecule has 7 fully saturated rings. The molecule has 7 aliphatic rings. The number of carbonyl (C=O) groups is 1. The zero-order chi connectivity index (χ0) is 27.0. The van der Waals surface area contributed by atoms with Gasteiger partial charge in [0.05, 0.1) is 12.7 Å². The second-order valence-electron chi connectivity index (χ2n) is 16.1. The molecule has 5 nitrogen and oxygen atoms in total. The molecule has 0 radical (unpaired) electrons. The molecule has 2 heterocycles. The first-order valence-electron chi connectivity index (χ1n) is 17.1. The number of carbonyl (C=O) groups excluding carboxylic acids is 1. The highest BCUT2D eigenvalue weighted by Crippen LogP contribution is 2.71. The van der Waals surface area contributed by atoms with Crippen molar-refractivity contribution in [2.24, 2.45) is 52.3 Å². The van der Waals surface area contributed by atoms with Gasteiger partial charge < -0.3 is 20.1 Å². The molecule has 0 aromatic heterocycles. The van der Waals surface area contributed by atoms with Gasteiger partial charge in [0, 0.05) is 24.4 Å². The van der Waals surface area contributed by atoms with Crippen molar-refractivity contribution in [2.75, 3.05) is 6.61 Å². The van der Waals surface area contributed by atoms with Crippen LogP contribution in [0.5, 0.6) is 0 Å². The number of rotatable bonds is 2. The second kappa shape index (κ2) is 9.89. The van der Waals surface area contributed by atoms with Crippen molar-refractivity contribution in [3.05, 3.63) is 0 Å². The molecular formula is C34H56N2O3. The van der Waals surface area contributed by atoms with Crippen LogP contribution in [0, 0.1) is 52.3 Å². The minimum Gasteiger partial charge on any atom is -0.349 e. The lowest BCUT2D eigenvalue weighted by atomic mass is 9.44. The Bertz CT molecular complexity index is 925. The minimum atomic E-state index is -0.301. The Balaban J connectivity index is 1.00. The van der Waals surface area contributed by atoms with Gasteiger partial charge in [-0.1, -0.05) is 47.0 Å². The summed E-state index contributed by atoms with van der Waals surface area (Å²) in [4.78, 5) is 12.8. The van der Waals surface area contributed by atoms with Gasteiger partial charge in [0.25, 0.3) is 0 Å². The summed E-state index contributed by atoms with van der Waals surface area (Å²) in [5, 5.41) is 6.71. The summed E-state index contributed by atoms with van der Waals surface area (Å²) in [6.07, 6.45) is 19.3. The zero-order valence-electron chi connectivity index (χ0n) is 25.3. The fourth-order valence-corrected chi connectivity index (χ4v) is 12.1. The summed E-state index contributed by atoms with van der Waals surface area (Å²) in [6.45, 7) is 11.0. The Morgan fingerprint density at radius 3 is 2.31 bits per heavy atom. The van der Waals surface area contributed by atoms with Gasteiger partial charge in [-0.2, -0.15) is 0 Å². The number of ether oxygens (including phenoxy) is 2. The van der Waals surface area contributed by atoms with Crippen LogP contribution in [-0.4, -0.2) is 36.6 Å². The van der Waals surface area contributed by atoms with E-state index in [4.69, 9.17) is 9.47 Å². The number of amides is 2. The predicted molar refractivity (Wildman–Crippen MR) is 154 cm³/mol. The summed E-state index contributed by atoms with van der Waals surface area (Å²) >= 11 is 0. The SMILES string of the molecule is C[C@@H]1CC[C@@]2(OC1)O[C@H]1C[C@H]3[C@@H]4CC[C@@H]5C[C@@H](NC(=O)NC6CCCCC6)CC[C@]5(C)[C@H]4CC[C@]3(C)[C@H]1[C@@H]2C. The van der Waals surface area contributed by atoms with E-state index in [2.05, 4.69) is 38.3 Å². The summed E-state index contributed by atoms with van der Waals surface area (Å²) < 4.78 is 13.5. The molecule has 2 amide bonds. The summed E-state index contributed by atoms with van der Waals surface area (Å²) in [5.41, 5.74) is 0.844. The topological polar surface area (TPSA) is 59.6 Å². The van der Waals surface area contributed by atoms with Crippen molar-refractivity contribution in [2.45, 2.75) is 148 Å². The van der Waals surface area contributed by atoms with Crippen LogP contribution in [0.4, 0.5) is 4.79 Å². The molecule has 5 heteroatoms. The van der Waals surface area contributed by atoms with Crippen LogP contribution in [0.2, 0.25) is 0 Å². The first-order valence-corrected chi connectivity index (χ1v) is 17.1. The Hall–Kier alpha value is -0.810. The molecule has 1 spiro atoms. The molecule has 0 aromatic rings. The third-order valence-electron chi connectivity index (χ3n) is 14.2. The van der Waals surface area contributed by atoms with E-state index in [1.54, 1.807) is 0 Å². The van der Waals surface area contributed by atoms with Gasteiger partial charge in [0.2, 0.25) is 0 Å². The highest BCUT2D eigenvalue weighted by atomic mass is 16.7. The lowest BCUT2D eigenvalue weighted by Crippen LogP contribution is -2.57. The first kappa shape index (κ1) is 27.0. The van der Waals surface area contributed by atoms with E-state index >= 15 is 0 Å². The number of hydrogen-bond donors (Lipinski definition) is 2. The average Bonchev–Trinajstić information content (AvgIpc) is 3.36. The van der Waals surface area contributed by atoms with Crippen LogP contribution in [0.25, 0.3) is 0 Å². The summed E-state index contributed by atoms with van der Waals surface area (Å²) in [5.74, 6) is 4.80. The van der Waals surface area contributed by atoms with Crippen LogP contribution in [-0.2, 0) is 9.47 Å². The second-order valence-corrected chi connectivity index (χ2v) is 16.1. The Morgan fingerprint density at radius 2 is 1.54 bits per heavy atom. The van der Waals surface area contributed by atoms with Crippen LogP contribution in [0.1, 0.15) is 124 Å². The normalized spacial score (nSPS) is 53.4. The molecule has 2 aliphatic heterocycles. The van der Waals surface area contributed by atoms with Gasteiger partial charge >= 0.3 is 6.03 Å². The Kier molecular flexibility index (Phi) is 6.86. The maximum Gasteiger partial charge on any atom is 0.315 e. The van der Waals surface area contributed by atoms with Crippen molar-refractivity contribution >= 4 is 6.03 Å². The molecule has 220 valence electrons. The van der Waals surface area contributed by atoms with E-state index in [0.717, 1.165) is 56.0 Å². The van der Waals surface area contributed by atoms with Gasteiger partial charge in [-0.3, -0.25) is 0 Å². The number of nitrogens with one attached hydrogen (secondary N) is 2. The van der Waals surface area contributed by atoms with Crippen LogP contribution >= 0.6 is 0 Å². The molecule has 5 aliphatic carbocycles. The van der Waals surface area contributed by atoms with Crippen molar-refractivity contribution < 1.29 is 14.3 Å². The summed E-state index contributed by atoms with van der Waals surface area (Å²) in [7, 11) is 0. The highest BCUT2D eigenvalue weighted by Gasteiger charge is 2.69. The fraction of sp³-hybridized carbons (Fsp3) is 0.971. The molecule has 0 aromatic carbocycles. The molecule has 12 atom stereocenters. The maximum absolute atomic E-state index is 12.8. The average molecular weight is 541 g/mol. The first-order chi connectivity index (χ1) is 18.7. The standard InChI is InChI=1S/C34H56N2O3/c1-21-12-17-34(38-20-21)22(2)30-29(39-34)19-28-26-11-10-23-18-25(36-31(37)35-24-8-6-5-7-9-24)13-15-32(23,3)27(26)14-16-33(28,30)4/h21-30H,5-20H2,1-4H3,(H2,35,36,37)/t21-,22+,23-,25+,26-,27+,28+,29+,30+,32+,33+,34-/m1/s1. The van der Waals surface area contributed by atoms with Crippen molar-refractivity contribution in [3.8, 4) is 0 Å². The van der Waals surface area contributed by atoms with Crippen molar-refractivity contribution in [3.63, 3.8) is 0 Å². The Morgan fingerprint density at radius 1 is 0.769 bits per heavy atom. The van der Waals surface area contributed by atoms with Gasteiger partial charge in [0.15, 0.2) is 5.79 Å². The molecule has 2 N–H and O–H groups in total. The number of hydrogen-bond acceptors (Lipinski definition) is 3. The van der Waals surface area contributed by atoms with E-state index in [9.17, 15) is 4.79 Å². The van der Waals surface area contributed by atoms with E-state index in [1.165, 1.54) is 70.6 Å². The predicted octanol–water partition coefficient (Wildman–Crippen LogP) is 7.43. The largest absolute Gasteiger partial charge is 0.349 e. The smallest absolute Gasteiger partial charge is 0.315 e. The van der Waals surface area contributed by atoms with Crippen molar-refractivity contribution in [1.82, 2.24) is 10.6 Å². The van der Waals surface area contributed by atoms with Crippen LogP contribution in [0.15, 0.2) is 0 Å². The highest BCUT2D eigenvalue weighted by molar-refractivity contribution is 5.74. The van der Waals surface area contributed by atoms with E-state index in [-0.39, 0.29) is 11.8 Å². The van der Waals surface area contributed by atoms with Gasteiger partial charge in [-0.25, -0.2) is 4.79 Å². The monoisotopic (exact) mass is 540 g/mol. The minimum absolute atomic E-state index is 0.0958. The molecule has 7 rings (SSSR count). The third-order valence-corrected chi connectivity index (χ3v) is 14.2. The lowest BCUT2D eigenvalue weighted by Gasteiger charge is -2.61. The quantitative estimate of drug-likeness (QED) is 0.383. The van der Waals surface area contributed by atoms with Gasteiger partial charge in [-0.15, -0.1) is 0 Å². The molecule has 5 saturated carbocycles.